The summed E-state index contributed by atoms with van der Waals surface area (Å²) in [5.41, 5.74) is 4.35. The normalized spacial score (nSPS) is 17.4. The Morgan fingerprint density at radius 2 is 1.72 bits per heavy atom. The number of tetrazole rings is 1. The topological polar surface area (TPSA) is 74.5 Å². The van der Waals surface area contributed by atoms with Crippen LogP contribution in [-0.2, 0) is 4.74 Å². The molecule has 0 bridgehead atoms. The Kier molecular flexibility index (Phi) is 4.65. The molecule has 0 unspecified atom stereocenters. The van der Waals surface area contributed by atoms with Crippen molar-refractivity contribution in [3.63, 3.8) is 0 Å². The Balaban J connectivity index is 1.64. The van der Waals surface area contributed by atoms with Gasteiger partial charge in [0, 0.05) is 13.1 Å². The molecule has 2 aliphatic heterocycles. The first-order valence-corrected chi connectivity index (χ1v) is 9.78. The fraction of sp³-hybridized carbons (Fsp3) is 0.381. The first kappa shape index (κ1) is 18.1. The number of morpholine rings is 1. The molecule has 0 spiro atoms. The molecule has 8 nitrogen and oxygen atoms in total. The molecule has 5 rings (SSSR count). The fourth-order valence-electron chi connectivity index (χ4n) is 4.11. The number of para-hydroxylation sites is 1. The smallest absolute Gasteiger partial charge is 0.231 e. The molecule has 1 saturated heterocycles. The van der Waals surface area contributed by atoms with Gasteiger partial charge in [-0.05, 0) is 53.1 Å². The molecule has 0 N–H and O–H groups in total. The zero-order valence-corrected chi connectivity index (χ0v) is 16.5. The lowest BCUT2D eigenvalue weighted by Gasteiger charge is -2.34. The molecule has 2 aliphatic rings. The van der Waals surface area contributed by atoms with E-state index >= 15 is 0 Å². The van der Waals surface area contributed by atoms with E-state index in [9.17, 15) is 0 Å². The molecule has 1 aromatic heterocycles. The van der Waals surface area contributed by atoms with E-state index in [4.69, 9.17) is 14.2 Å². The Hall–Kier alpha value is -2.97. The minimum absolute atomic E-state index is 0.123. The van der Waals surface area contributed by atoms with E-state index in [-0.39, 0.29) is 12.8 Å². The number of rotatable bonds is 4. The molecule has 150 valence electrons. The van der Waals surface area contributed by atoms with Crippen molar-refractivity contribution in [2.24, 2.45) is 0 Å². The second-order valence-corrected chi connectivity index (χ2v) is 7.35. The van der Waals surface area contributed by atoms with E-state index in [1.165, 1.54) is 0 Å². The SMILES string of the molecule is Cc1cccc(C)c1-n1nnnc1[C@H](c1ccc2c(c1)OCO2)N1CCOCC1. The summed E-state index contributed by atoms with van der Waals surface area (Å²) in [6.45, 7) is 7.40. The van der Waals surface area contributed by atoms with Crippen molar-refractivity contribution in [2.45, 2.75) is 19.9 Å². The third-order valence-electron chi connectivity index (χ3n) is 5.51. The van der Waals surface area contributed by atoms with Crippen LogP contribution in [0.2, 0.25) is 0 Å². The van der Waals surface area contributed by atoms with E-state index in [1.54, 1.807) is 0 Å². The summed E-state index contributed by atoms with van der Waals surface area (Å²) in [4.78, 5) is 2.36. The number of ether oxygens (including phenoxy) is 3. The van der Waals surface area contributed by atoms with Crippen LogP contribution in [0.3, 0.4) is 0 Å². The quantitative estimate of drug-likeness (QED) is 0.674. The predicted octanol–water partition coefficient (Wildman–Crippen LogP) is 2.43. The number of hydrogen-bond donors (Lipinski definition) is 0. The van der Waals surface area contributed by atoms with Crippen molar-refractivity contribution in [1.82, 2.24) is 25.1 Å². The first-order chi connectivity index (χ1) is 14.2. The van der Waals surface area contributed by atoms with Crippen LogP contribution in [-0.4, -0.2) is 58.2 Å². The van der Waals surface area contributed by atoms with Crippen LogP contribution in [0.1, 0.15) is 28.6 Å². The van der Waals surface area contributed by atoms with Gasteiger partial charge in [0.15, 0.2) is 17.3 Å². The lowest BCUT2D eigenvalue weighted by atomic mass is 10.0. The molecule has 0 aliphatic carbocycles. The van der Waals surface area contributed by atoms with Crippen LogP contribution in [0.25, 0.3) is 5.69 Å². The van der Waals surface area contributed by atoms with Gasteiger partial charge in [0.2, 0.25) is 6.79 Å². The van der Waals surface area contributed by atoms with Crippen LogP contribution in [0, 0.1) is 13.8 Å². The van der Waals surface area contributed by atoms with E-state index in [1.807, 2.05) is 16.8 Å². The molecule has 1 atom stereocenters. The van der Waals surface area contributed by atoms with Gasteiger partial charge in [-0.3, -0.25) is 4.90 Å². The van der Waals surface area contributed by atoms with Crippen LogP contribution >= 0.6 is 0 Å². The summed E-state index contributed by atoms with van der Waals surface area (Å²) in [5, 5.41) is 12.9. The largest absolute Gasteiger partial charge is 0.454 e. The van der Waals surface area contributed by atoms with Crippen LogP contribution < -0.4 is 9.47 Å². The van der Waals surface area contributed by atoms with E-state index in [2.05, 4.69) is 58.5 Å². The molecule has 0 saturated carbocycles. The monoisotopic (exact) mass is 393 g/mol. The molecule has 3 aromatic rings. The van der Waals surface area contributed by atoms with E-state index in [0.29, 0.717) is 13.2 Å². The maximum absolute atomic E-state index is 5.62. The predicted molar refractivity (Wildman–Crippen MR) is 105 cm³/mol. The lowest BCUT2D eigenvalue weighted by molar-refractivity contribution is 0.0220. The number of benzene rings is 2. The van der Waals surface area contributed by atoms with Gasteiger partial charge in [0.05, 0.1) is 24.9 Å². The molecular formula is C21H23N5O3. The summed E-state index contributed by atoms with van der Waals surface area (Å²) in [6, 6.07) is 12.1. The molecule has 3 heterocycles. The van der Waals surface area contributed by atoms with Crippen LogP contribution in [0.5, 0.6) is 11.5 Å². The van der Waals surface area contributed by atoms with E-state index < -0.39 is 0 Å². The zero-order chi connectivity index (χ0) is 19.8. The molecule has 2 aromatic carbocycles. The maximum Gasteiger partial charge on any atom is 0.231 e. The van der Waals surface area contributed by atoms with Gasteiger partial charge >= 0.3 is 0 Å². The van der Waals surface area contributed by atoms with Crippen molar-refractivity contribution in [3.05, 3.63) is 58.9 Å². The average molecular weight is 393 g/mol. The lowest BCUT2D eigenvalue weighted by Crippen LogP contribution is -2.40. The standard InChI is InChI=1S/C21H23N5O3/c1-14-4-3-5-15(2)19(14)26-21(22-23-24-26)20(25-8-10-27-11-9-25)16-6-7-17-18(12-16)29-13-28-17/h3-7,12,20H,8-11,13H2,1-2H3/t20-/m0/s1. The summed E-state index contributed by atoms with van der Waals surface area (Å²) < 4.78 is 18.6. The zero-order valence-electron chi connectivity index (χ0n) is 16.5. The van der Waals surface area contributed by atoms with Gasteiger partial charge in [0.1, 0.15) is 0 Å². The minimum Gasteiger partial charge on any atom is -0.454 e. The summed E-state index contributed by atoms with van der Waals surface area (Å²) in [5.74, 6) is 2.30. The Bertz CT molecular complexity index is 1010. The fourth-order valence-corrected chi connectivity index (χ4v) is 4.11. The highest BCUT2D eigenvalue weighted by Crippen LogP contribution is 2.38. The molecule has 8 heteroatoms. The van der Waals surface area contributed by atoms with Gasteiger partial charge in [0.25, 0.3) is 0 Å². The minimum atomic E-state index is -0.123. The summed E-state index contributed by atoms with van der Waals surface area (Å²) in [6.07, 6.45) is 0. The van der Waals surface area contributed by atoms with E-state index in [0.717, 1.165) is 52.8 Å². The maximum atomic E-state index is 5.62. The number of nitrogens with zero attached hydrogens (tertiary/aromatic N) is 5. The average Bonchev–Trinajstić information content (AvgIpc) is 3.39. The first-order valence-electron chi connectivity index (χ1n) is 9.78. The third kappa shape index (κ3) is 3.24. The van der Waals surface area contributed by atoms with Crippen molar-refractivity contribution in [1.29, 1.82) is 0 Å². The van der Waals surface area contributed by atoms with Gasteiger partial charge in [-0.1, -0.05) is 24.3 Å². The molecular weight excluding hydrogens is 370 g/mol. The van der Waals surface area contributed by atoms with Crippen molar-refractivity contribution in [2.75, 3.05) is 33.1 Å². The Labute approximate surface area is 169 Å². The van der Waals surface area contributed by atoms with Crippen LogP contribution in [0.15, 0.2) is 36.4 Å². The van der Waals surface area contributed by atoms with Gasteiger partial charge in [-0.2, -0.15) is 4.68 Å². The van der Waals surface area contributed by atoms with Gasteiger partial charge in [-0.15, -0.1) is 5.10 Å². The summed E-state index contributed by atoms with van der Waals surface area (Å²) >= 11 is 0. The second kappa shape index (κ2) is 7.46. The number of hydrogen-bond acceptors (Lipinski definition) is 7. The molecule has 0 radical (unpaired) electrons. The van der Waals surface area contributed by atoms with Crippen molar-refractivity contribution in [3.8, 4) is 17.2 Å². The van der Waals surface area contributed by atoms with Crippen molar-refractivity contribution >= 4 is 0 Å². The Morgan fingerprint density at radius 1 is 0.966 bits per heavy atom. The third-order valence-corrected chi connectivity index (χ3v) is 5.51. The van der Waals surface area contributed by atoms with Crippen LogP contribution in [0.4, 0.5) is 0 Å². The molecule has 1 fully saturated rings. The highest BCUT2D eigenvalue weighted by atomic mass is 16.7. The second-order valence-electron chi connectivity index (χ2n) is 7.35. The van der Waals surface area contributed by atoms with Gasteiger partial charge < -0.3 is 14.2 Å². The van der Waals surface area contributed by atoms with Gasteiger partial charge in [-0.25, -0.2) is 0 Å². The van der Waals surface area contributed by atoms with Crippen molar-refractivity contribution < 1.29 is 14.2 Å². The number of aryl methyl sites for hydroxylation is 2. The number of aromatic nitrogens is 4. The summed E-state index contributed by atoms with van der Waals surface area (Å²) in [7, 11) is 0. The Morgan fingerprint density at radius 3 is 2.52 bits per heavy atom. The highest BCUT2D eigenvalue weighted by Gasteiger charge is 2.31. The number of fused-ring (bicyclic) bond motifs is 1. The molecule has 0 amide bonds. The molecule has 29 heavy (non-hydrogen) atoms. The highest BCUT2D eigenvalue weighted by molar-refractivity contribution is 5.49.